The monoisotopic (exact) mass is 585 g/mol. The lowest BCUT2D eigenvalue weighted by Crippen LogP contribution is -1.98. The van der Waals surface area contributed by atoms with Crippen LogP contribution in [0, 0.1) is 6.57 Å². The van der Waals surface area contributed by atoms with E-state index in [9.17, 15) is 0 Å². The van der Waals surface area contributed by atoms with E-state index in [1.54, 1.807) is 0 Å². The Balaban J connectivity index is 1.29. The zero-order valence-electron chi connectivity index (χ0n) is 24.9. The fourth-order valence-corrected chi connectivity index (χ4v) is 7.19. The molecule has 9 rings (SSSR count). The lowest BCUT2D eigenvalue weighted by atomic mass is 9.93. The smallest absolute Gasteiger partial charge is 0.189 e. The Morgan fingerprint density at radius 3 is 1.37 bits per heavy atom. The maximum atomic E-state index is 8.06. The van der Waals surface area contributed by atoms with E-state index < -0.39 is 0 Å². The maximum Gasteiger partial charge on any atom is 0.189 e. The summed E-state index contributed by atoms with van der Waals surface area (Å²) in [6, 6.07) is 57.8. The number of fused-ring (bicyclic) bond motifs is 6. The molecule has 0 atom stereocenters. The first-order chi connectivity index (χ1) is 22.8. The Labute approximate surface area is 266 Å². The van der Waals surface area contributed by atoms with Crippen molar-refractivity contribution in [1.82, 2.24) is 9.13 Å². The summed E-state index contributed by atoms with van der Waals surface area (Å²) in [5.74, 6) is 0. The molecular weight excluding hydrogens is 558 g/mol. The minimum absolute atomic E-state index is 0.611. The largest absolute Gasteiger partial charge is 0.310 e. The van der Waals surface area contributed by atoms with Crippen LogP contribution in [0.1, 0.15) is 0 Å². The van der Waals surface area contributed by atoms with Crippen LogP contribution in [0.25, 0.3) is 82.1 Å². The molecule has 2 heterocycles. The quantitative estimate of drug-likeness (QED) is 0.182. The molecule has 0 aliphatic carbocycles. The third kappa shape index (κ3) is 3.91. The van der Waals surface area contributed by atoms with Gasteiger partial charge in [-0.3, -0.25) is 0 Å². The summed E-state index contributed by atoms with van der Waals surface area (Å²) >= 11 is 0. The van der Waals surface area contributed by atoms with Crippen LogP contribution in [0.3, 0.4) is 0 Å². The van der Waals surface area contributed by atoms with E-state index >= 15 is 0 Å². The van der Waals surface area contributed by atoms with Crippen molar-refractivity contribution in [3.63, 3.8) is 0 Å². The van der Waals surface area contributed by atoms with Crippen LogP contribution in [0.4, 0.5) is 5.69 Å². The van der Waals surface area contributed by atoms with Crippen LogP contribution in [0.5, 0.6) is 0 Å². The van der Waals surface area contributed by atoms with Gasteiger partial charge in [-0.2, -0.15) is 0 Å². The maximum absolute atomic E-state index is 8.06. The molecule has 7 aromatic carbocycles. The summed E-state index contributed by atoms with van der Waals surface area (Å²) in [6.45, 7) is 8.06. The molecule has 46 heavy (non-hydrogen) atoms. The van der Waals surface area contributed by atoms with Gasteiger partial charge in [0.25, 0.3) is 0 Å². The molecule has 0 bridgehead atoms. The number of nitrogens with zero attached hydrogens (tertiary/aromatic N) is 3. The Bertz CT molecular complexity index is 2560. The van der Waals surface area contributed by atoms with Crippen molar-refractivity contribution in [2.45, 2.75) is 0 Å². The van der Waals surface area contributed by atoms with Gasteiger partial charge in [0.15, 0.2) is 5.69 Å². The summed E-state index contributed by atoms with van der Waals surface area (Å²) in [5.41, 5.74) is 11.7. The SMILES string of the molecule is [C-]#[N+]c1cc(-c2ccccc2-c2ccccc2-n2c3ccccc3c3ccccc32)cc(-n2c3ccccc3c3ccccc32)c1. The lowest BCUT2D eigenvalue weighted by molar-refractivity contribution is 1.18. The van der Waals surface area contributed by atoms with Crippen LogP contribution in [0.2, 0.25) is 0 Å². The van der Waals surface area contributed by atoms with Gasteiger partial charge in [-0.05, 0) is 65.2 Å². The predicted molar refractivity (Wildman–Crippen MR) is 192 cm³/mol. The molecule has 3 heteroatoms. The van der Waals surface area contributed by atoms with Crippen molar-refractivity contribution in [2.75, 3.05) is 0 Å². The molecule has 0 saturated carbocycles. The summed E-state index contributed by atoms with van der Waals surface area (Å²) in [4.78, 5) is 3.95. The summed E-state index contributed by atoms with van der Waals surface area (Å²) in [7, 11) is 0. The average molecular weight is 586 g/mol. The van der Waals surface area contributed by atoms with E-state index in [2.05, 4.69) is 166 Å². The molecule has 0 radical (unpaired) electrons. The van der Waals surface area contributed by atoms with Crippen molar-refractivity contribution in [3.8, 4) is 33.6 Å². The van der Waals surface area contributed by atoms with E-state index in [-0.39, 0.29) is 0 Å². The zero-order valence-corrected chi connectivity index (χ0v) is 24.9. The van der Waals surface area contributed by atoms with Gasteiger partial charge >= 0.3 is 0 Å². The van der Waals surface area contributed by atoms with E-state index in [0.29, 0.717) is 5.69 Å². The first kappa shape index (κ1) is 26.1. The molecule has 0 amide bonds. The zero-order chi connectivity index (χ0) is 30.6. The van der Waals surface area contributed by atoms with E-state index in [1.807, 2.05) is 12.1 Å². The minimum Gasteiger partial charge on any atom is -0.310 e. The first-order valence-corrected chi connectivity index (χ1v) is 15.5. The van der Waals surface area contributed by atoms with Crippen LogP contribution in [-0.2, 0) is 0 Å². The van der Waals surface area contributed by atoms with E-state index in [4.69, 9.17) is 6.57 Å². The third-order valence-corrected chi connectivity index (χ3v) is 9.12. The van der Waals surface area contributed by atoms with Gasteiger partial charge in [0.05, 0.1) is 34.3 Å². The molecule has 0 unspecified atom stereocenters. The van der Waals surface area contributed by atoms with Crippen molar-refractivity contribution in [1.29, 1.82) is 0 Å². The van der Waals surface area contributed by atoms with Crippen LogP contribution in [0.15, 0.2) is 164 Å². The number of benzene rings is 7. The number of rotatable bonds is 4. The van der Waals surface area contributed by atoms with Gasteiger partial charge in [0.1, 0.15) is 0 Å². The molecule has 0 aliphatic heterocycles. The van der Waals surface area contributed by atoms with Gasteiger partial charge in [-0.1, -0.05) is 115 Å². The molecule has 214 valence electrons. The summed E-state index contributed by atoms with van der Waals surface area (Å²) in [5, 5.41) is 4.88. The van der Waals surface area contributed by atoms with Gasteiger partial charge in [0.2, 0.25) is 0 Å². The normalized spacial score (nSPS) is 11.5. The van der Waals surface area contributed by atoms with Crippen molar-refractivity contribution in [2.24, 2.45) is 0 Å². The highest BCUT2D eigenvalue weighted by atomic mass is 15.0. The van der Waals surface area contributed by atoms with Crippen molar-refractivity contribution >= 4 is 49.3 Å². The second-order valence-electron chi connectivity index (χ2n) is 11.7. The van der Waals surface area contributed by atoms with Gasteiger partial charge in [-0.25, -0.2) is 4.85 Å². The molecule has 0 spiro atoms. The Morgan fingerprint density at radius 2 is 0.826 bits per heavy atom. The van der Waals surface area contributed by atoms with Gasteiger partial charge < -0.3 is 9.13 Å². The average Bonchev–Trinajstić information content (AvgIpc) is 3.64. The van der Waals surface area contributed by atoms with Gasteiger partial charge in [0, 0.05) is 32.8 Å². The van der Waals surface area contributed by atoms with Crippen molar-refractivity contribution in [3.05, 3.63) is 175 Å². The Morgan fingerprint density at radius 1 is 0.391 bits per heavy atom. The third-order valence-electron chi connectivity index (χ3n) is 9.12. The second-order valence-corrected chi connectivity index (χ2v) is 11.7. The number of hydrogen-bond donors (Lipinski definition) is 0. The minimum atomic E-state index is 0.611. The molecule has 2 aromatic heterocycles. The molecular formula is C43H27N3. The molecule has 9 aromatic rings. The fourth-order valence-electron chi connectivity index (χ4n) is 7.19. The van der Waals surface area contributed by atoms with Gasteiger partial charge in [-0.15, -0.1) is 0 Å². The predicted octanol–water partition coefficient (Wildman–Crippen LogP) is 11.8. The molecule has 3 nitrogen and oxygen atoms in total. The molecule has 0 saturated heterocycles. The number of para-hydroxylation sites is 5. The Kier molecular flexibility index (Phi) is 5.88. The van der Waals surface area contributed by atoms with Crippen LogP contribution in [-0.4, -0.2) is 9.13 Å². The highest BCUT2D eigenvalue weighted by Gasteiger charge is 2.18. The molecule has 0 N–H and O–H groups in total. The Hall–Kier alpha value is -6.37. The highest BCUT2D eigenvalue weighted by molar-refractivity contribution is 6.11. The van der Waals surface area contributed by atoms with E-state index in [0.717, 1.165) is 44.7 Å². The molecule has 0 fully saturated rings. The highest BCUT2D eigenvalue weighted by Crippen LogP contribution is 2.41. The van der Waals surface area contributed by atoms with Crippen LogP contribution >= 0.6 is 0 Å². The van der Waals surface area contributed by atoms with Crippen molar-refractivity contribution < 1.29 is 0 Å². The van der Waals surface area contributed by atoms with E-state index in [1.165, 1.54) is 32.6 Å². The second kappa shape index (κ2) is 10.4. The first-order valence-electron chi connectivity index (χ1n) is 15.5. The number of hydrogen-bond acceptors (Lipinski definition) is 0. The summed E-state index contributed by atoms with van der Waals surface area (Å²) in [6.07, 6.45) is 0. The number of aromatic nitrogens is 2. The lowest BCUT2D eigenvalue weighted by Gasteiger charge is -2.18. The standard InChI is InChI=1S/C43H27N3/c1-44-30-26-29(27-31(28-30)45-39-21-9-5-17-35(39)36-18-6-10-22-40(36)45)32-14-2-3-15-33(32)34-16-4-11-23-41(34)46-42-24-12-7-19-37(42)38-20-8-13-25-43(38)46/h2-28H. The fraction of sp³-hybridized carbons (Fsp3) is 0. The molecule has 0 aliphatic rings. The van der Waals surface area contributed by atoms with Crippen LogP contribution < -0.4 is 0 Å². The topological polar surface area (TPSA) is 14.2 Å². The summed E-state index contributed by atoms with van der Waals surface area (Å²) < 4.78 is 4.67.